The number of carbonyl (C=O) groups excluding carboxylic acids is 1. The second kappa shape index (κ2) is 7.63. The molecule has 10 heteroatoms. The minimum atomic E-state index is -3.55. The molecule has 26 heavy (non-hydrogen) atoms. The first-order valence-electron chi connectivity index (χ1n) is 8.12. The van der Waals surface area contributed by atoms with Gasteiger partial charge in [0.15, 0.2) is 6.61 Å². The number of hydrogen-bond donors (Lipinski definition) is 0. The van der Waals surface area contributed by atoms with E-state index in [1.807, 2.05) is 0 Å². The lowest BCUT2D eigenvalue weighted by atomic mass is 10.1. The first kappa shape index (κ1) is 18.7. The van der Waals surface area contributed by atoms with Crippen molar-refractivity contribution >= 4 is 27.3 Å². The van der Waals surface area contributed by atoms with Gasteiger partial charge < -0.3 is 14.2 Å². The lowest BCUT2D eigenvalue weighted by Gasteiger charge is -2.31. The lowest BCUT2D eigenvalue weighted by molar-refractivity contribution is -0.134. The summed E-state index contributed by atoms with van der Waals surface area (Å²) in [6.07, 6.45) is 2.09. The van der Waals surface area contributed by atoms with E-state index in [-0.39, 0.29) is 17.7 Å². The number of sulfone groups is 1. The molecule has 0 bridgehead atoms. The number of halogens is 1. The van der Waals surface area contributed by atoms with Gasteiger partial charge in [-0.15, -0.1) is 10.2 Å². The quantitative estimate of drug-likeness (QED) is 0.753. The largest absolute Gasteiger partial charge is 0.484 e. The first-order chi connectivity index (χ1) is 12.4. The fourth-order valence-electron chi connectivity index (χ4n) is 2.86. The van der Waals surface area contributed by atoms with Gasteiger partial charge in [-0.2, -0.15) is 0 Å². The number of rotatable bonds is 5. The van der Waals surface area contributed by atoms with Crippen LogP contribution in [0.15, 0.2) is 35.7 Å². The number of hydrogen-bond acceptors (Lipinski definition) is 6. The number of carbonyl (C=O) groups is 1. The van der Waals surface area contributed by atoms with Crippen molar-refractivity contribution in [2.24, 2.45) is 7.05 Å². The van der Waals surface area contributed by atoms with Gasteiger partial charge in [-0.05, 0) is 37.1 Å². The highest BCUT2D eigenvalue weighted by Crippen LogP contribution is 2.23. The zero-order chi connectivity index (χ0) is 18.7. The normalized spacial score (nSPS) is 15.8. The monoisotopic (exact) mass is 398 g/mol. The van der Waals surface area contributed by atoms with Crippen LogP contribution in [0.3, 0.4) is 0 Å². The summed E-state index contributed by atoms with van der Waals surface area (Å²) in [5, 5.41) is 7.33. The highest BCUT2D eigenvalue weighted by atomic mass is 35.5. The summed E-state index contributed by atoms with van der Waals surface area (Å²) in [5.74, 6) is 0.386. The minimum absolute atomic E-state index is 0.0339. The molecule has 140 valence electrons. The van der Waals surface area contributed by atoms with Gasteiger partial charge in [0.05, 0.1) is 5.25 Å². The van der Waals surface area contributed by atoms with Crippen LogP contribution in [-0.4, -0.2) is 58.9 Å². The predicted molar refractivity (Wildman–Crippen MR) is 94.7 cm³/mol. The van der Waals surface area contributed by atoms with Crippen LogP contribution >= 0.6 is 11.6 Å². The van der Waals surface area contributed by atoms with E-state index in [0.717, 1.165) is 0 Å². The molecule has 1 aromatic carbocycles. The van der Waals surface area contributed by atoms with Crippen molar-refractivity contribution in [3.8, 4) is 5.75 Å². The lowest BCUT2D eigenvalue weighted by Crippen LogP contribution is -2.44. The van der Waals surface area contributed by atoms with E-state index in [1.54, 1.807) is 36.2 Å². The number of aryl methyl sites for hydroxylation is 1. The van der Waals surface area contributed by atoms with Crippen molar-refractivity contribution in [1.29, 1.82) is 0 Å². The standard InChI is InChI=1S/C16H19ClN4O4S/c1-20-11-18-19-16(20)26(23,24)14-6-8-21(9-7-14)15(22)10-25-13-4-2-12(17)3-5-13/h2-5,11,14H,6-10H2,1H3. The number of aromatic nitrogens is 3. The molecule has 0 unspecified atom stereocenters. The van der Waals surface area contributed by atoms with Crippen LogP contribution in [0.25, 0.3) is 0 Å². The van der Waals surface area contributed by atoms with Crippen molar-refractivity contribution < 1.29 is 17.9 Å². The van der Waals surface area contributed by atoms with Crippen LogP contribution < -0.4 is 4.74 Å². The summed E-state index contributed by atoms with van der Waals surface area (Å²) >= 11 is 5.80. The Morgan fingerprint density at radius 2 is 1.92 bits per heavy atom. The van der Waals surface area contributed by atoms with E-state index < -0.39 is 15.1 Å². The molecule has 0 N–H and O–H groups in total. The van der Waals surface area contributed by atoms with Crippen LogP contribution in [0.1, 0.15) is 12.8 Å². The highest BCUT2D eigenvalue weighted by Gasteiger charge is 2.35. The van der Waals surface area contributed by atoms with Crippen molar-refractivity contribution in [1.82, 2.24) is 19.7 Å². The van der Waals surface area contributed by atoms with Gasteiger partial charge in [0, 0.05) is 25.2 Å². The van der Waals surface area contributed by atoms with Gasteiger partial charge >= 0.3 is 0 Å². The maximum absolute atomic E-state index is 12.6. The molecule has 1 amide bonds. The molecule has 0 aliphatic carbocycles. The molecule has 1 aliphatic rings. The molecule has 1 saturated heterocycles. The Bertz CT molecular complexity index is 874. The van der Waals surface area contributed by atoms with Crippen molar-refractivity contribution in [2.45, 2.75) is 23.2 Å². The number of ether oxygens (including phenoxy) is 1. The van der Waals surface area contributed by atoms with E-state index in [0.29, 0.717) is 36.7 Å². The average Bonchev–Trinajstić information content (AvgIpc) is 3.08. The number of amides is 1. The zero-order valence-corrected chi connectivity index (χ0v) is 15.8. The highest BCUT2D eigenvalue weighted by molar-refractivity contribution is 7.91. The Kier molecular flexibility index (Phi) is 5.47. The summed E-state index contributed by atoms with van der Waals surface area (Å²) in [6.45, 7) is 0.636. The molecule has 1 aromatic heterocycles. The summed E-state index contributed by atoms with van der Waals surface area (Å²) in [5.41, 5.74) is 0. The summed E-state index contributed by atoms with van der Waals surface area (Å²) in [7, 11) is -1.95. The maximum Gasteiger partial charge on any atom is 0.260 e. The molecule has 2 aromatic rings. The van der Waals surface area contributed by atoms with E-state index in [4.69, 9.17) is 16.3 Å². The van der Waals surface area contributed by atoms with Gasteiger partial charge in [0.25, 0.3) is 5.91 Å². The summed E-state index contributed by atoms with van der Waals surface area (Å²) in [6, 6.07) is 6.75. The molecule has 0 spiro atoms. The van der Waals surface area contributed by atoms with E-state index >= 15 is 0 Å². The fourth-order valence-corrected chi connectivity index (χ4v) is 4.73. The minimum Gasteiger partial charge on any atom is -0.484 e. The number of likely N-dealkylation sites (tertiary alicyclic amines) is 1. The third-order valence-electron chi connectivity index (χ3n) is 4.33. The van der Waals surface area contributed by atoms with Gasteiger partial charge in [-0.1, -0.05) is 11.6 Å². The fraction of sp³-hybridized carbons (Fsp3) is 0.438. The molecular formula is C16H19ClN4O4S. The van der Waals surface area contributed by atoms with Gasteiger partial charge in [-0.3, -0.25) is 4.79 Å². The molecule has 2 heterocycles. The molecule has 1 fully saturated rings. The second-order valence-corrected chi connectivity index (χ2v) is 8.65. The maximum atomic E-state index is 12.6. The Balaban J connectivity index is 1.54. The van der Waals surface area contributed by atoms with Crippen LogP contribution in [0.4, 0.5) is 0 Å². The smallest absolute Gasteiger partial charge is 0.260 e. The SMILES string of the molecule is Cn1cnnc1S(=O)(=O)C1CCN(C(=O)COc2ccc(Cl)cc2)CC1. The Hall–Kier alpha value is -2.13. The Labute approximate surface area is 156 Å². The van der Waals surface area contributed by atoms with Crippen LogP contribution in [0.2, 0.25) is 5.02 Å². The van der Waals surface area contributed by atoms with Crippen LogP contribution in [0, 0.1) is 0 Å². The summed E-state index contributed by atoms with van der Waals surface area (Å²) < 4.78 is 32.1. The Morgan fingerprint density at radius 1 is 1.27 bits per heavy atom. The summed E-state index contributed by atoms with van der Waals surface area (Å²) in [4.78, 5) is 13.9. The van der Waals surface area contributed by atoms with Crippen LogP contribution in [-0.2, 0) is 21.7 Å². The molecule has 3 rings (SSSR count). The van der Waals surface area contributed by atoms with E-state index in [2.05, 4.69) is 10.2 Å². The molecule has 0 radical (unpaired) electrons. The van der Waals surface area contributed by atoms with E-state index in [1.165, 1.54) is 10.9 Å². The van der Waals surface area contributed by atoms with Crippen molar-refractivity contribution in [3.63, 3.8) is 0 Å². The second-order valence-electron chi connectivity index (χ2n) is 6.09. The number of piperidine rings is 1. The van der Waals surface area contributed by atoms with Gasteiger partial charge in [0.1, 0.15) is 12.1 Å². The third kappa shape index (κ3) is 3.99. The van der Waals surface area contributed by atoms with Gasteiger partial charge in [-0.25, -0.2) is 8.42 Å². The average molecular weight is 399 g/mol. The molecule has 8 nitrogen and oxygen atoms in total. The van der Waals surface area contributed by atoms with Crippen LogP contribution in [0.5, 0.6) is 5.75 Å². The third-order valence-corrected chi connectivity index (χ3v) is 6.81. The Morgan fingerprint density at radius 3 is 2.50 bits per heavy atom. The molecular weight excluding hydrogens is 380 g/mol. The number of nitrogens with zero attached hydrogens (tertiary/aromatic N) is 4. The molecule has 1 aliphatic heterocycles. The van der Waals surface area contributed by atoms with E-state index in [9.17, 15) is 13.2 Å². The number of benzene rings is 1. The van der Waals surface area contributed by atoms with Crippen molar-refractivity contribution in [2.75, 3.05) is 19.7 Å². The molecule has 0 saturated carbocycles. The zero-order valence-electron chi connectivity index (χ0n) is 14.2. The predicted octanol–water partition coefficient (Wildman–Crippen LogP) is 1.31. The first-order valence-corrected chi connectivity index (χ1v) is 10.0. The van der Waals surface area contributed by atoms with Gasteiger partial charge in [0.2, 0.25) is 15.0 Å². The molecule has 0 atom stereocenters. The topological polar surface area (TPSA) is 94.4 Å². The van der Waals surface area contributed by atoms with Crippen molar-refractivity contribution in [3.05, 3.63) is 35.6 Å².